The van der Waals surface area contributed by atoms with Crippen LogP contribution in [0.4, 0.5) is 11.4 Å². The highest BCUT2D eigenvalue weighted by Gasteiger charge is 2.21. The van der Waals surface area contributed by atoms with E-state index in [9.17, 15) is 4.79 Å². The predicted molar refractivity (Wildman–Crippen MR) is 108 cm³/mol. The molecule has 0 unspecified atom stereocenters. The van der Waals surface area contributed by atoms with E-state index in [4.69, 9.17) is 4.74 Å². The van der Waals surface area contributed by atoms with E-state index in [1.54, 1.807) is 7.11 Å². The minimum atomic E-state index is 0.645. The molecular formula is C23H29NO2. The largest absolute Gasteiger partial charge is 0.380 e. The van der Waals surface area contributed by atoms with Crippen molar-refractivity contribution in [1.29, 1.82) is 0 Å². The first-order valence-corrected chi connectivity index (χ1v) is 9.73. The molecule has 3 nitrogen and oxygen atoms in total. The number of ether oxygens (including phenoxy) is 1. The molecule has 0 spiro atoms. The van der Waals surface area contributed by atoms with Gasteiger partial charge in [-0.25, -0.2) is 0 Å². The Labute approximate surface area is 157 Å². The number of carbonyl (C=O) groups is 1. The number of aryl methyl sites for hydroxylation is 2. The van der Waals surface area contributed by atoms with E-state index in [1.165, 1.54) is 53.7 Å². The fourth-order valence-electron chi connectivity index (χ4n) is 3.84. The number of anilines is 2. The first kappa shape index (κ1) is 18.7. The summed E-state index contributed by atoms with van der Waals surface area (Å²) in [4.78, 5) is 13.7. The molecule has 0 N–H and O–H groups in total. The van der Waals surface area contributed by atoms with Crippen molar-refractivity contribution in [3.05, 3.63) is 58.7 Å². The lowest BCUT2D eigenvalue weighted by Gasteiger charge is -2.27. The zero-order valence-corrected chi connectivity index (χ0v) is 16.0. The summed E-state index contributed by atoms with van der Waals surface area (Å²) < 4.78 is 5.31. The minimum absolute atomic E-state index is 0.645. The lowest BCUT2D eigenvalue weighted by Crippen LogP contribution is -2.20. The highest BCUT2D eigenvalue weighted by Crippen LogP contribution is 2.37. The van der Waals surface area contributed by atoms with Gasteiger partial charge >= 0.3 is 0 Å². The Balaban J connectivity index is 1.96. The van der Waals surface area contributed by atoms with Crippen molar-refractivity contribution in [2.45, 2.75) is 52.1 Å². The maximum atomic E-state index is 11.2. The molecule has 0 aliphatic carbocycles. The average molecular weight is 351 g/mol. The number of rotatable bonds is 8. The first-order valence-electron chi connectivity index (χ1n) is 9.73. The maximum absolute atomic E-state index is 11.2. The van der Waals surface area contributed by atoms with E-state index < -0.39 is 0 Å². The summed E-state index contributed by atoms with van der Waals surface area (Å²) in [5, 5.41) is 0. The van der Waals surface area contributed by atoms with Crippen molar-refractivity contribution in [1.82, 2.24) is 0 Å². The Morgan fingerprint density at radius 1 is 1.00 bits per heavy atom. The van der Waals surface area contributed by atoms with Crippen LogP contribution in [0.2, 0.25) is 0 Å². The van der Waals surface area contributed by atoms with E-state index >= 15 is 0 Å². The van der Waals surface area contributed by atoms with Gasteiger partial charge in [0.2, 0.25) is 0 Å². The van der Waals surface area contributed by atoms with Gasteiger partial charge in [0, 0.05) is 30.6 Å². The Morgan fingerprint density at radius 3 is 2.42 bits per heavy atom. The maximum Gasteiger partial charge on any atom is 0.150 e. The molecule has 3 rings (SSSR count). The number of fused-ring (bicyclic) bond motifs is 2. The second kappa shape index (κ2) is 9.00. The summed E-state index contributed by atoms with van der Waals surface area (Å²) in [6.07, 6.45) is 7.87. The summed E-state index contributed by atoms with van der Waals surface area (Å²) in [5.74, 6) is 0. The molecule has 1 aliphatic rings. The number of hydrogen-bond donors (Lipinski definition) is 0. The minimum Gasteiger partial charge on any atom is -0.380 e. The van der Waals surface area contributed by atoms with Gasteiger partial charge in [0.05, 0.1) is 6.61 Å². The summed E-state index contributed by atoms with van der Waals surface area (Å²) in [6, 6.07) is 12.8. The van der Waals surface area contributed by atoms with Gasteiger partial charge in [-0.3, -0.25) is 4.79 Å². The Bertz CT molecular complexity index is 754. The summed E-state index contributed by atoms with van der Waals surface area (Å²) in [6.45, 7) is 3.91. The van der Waals surface area contributed by atoms with Crippen LogP contribution in [0.15, 0.2) is 36.4 Å². The number of nitrogens with zero attached hydrogens (tertiary/aromatic N) is 1. The van der Waals surface area contributed by atoms with Crippen molar-refractivity contribution in [2.24, 2.45) is 0 Å². The molecule has 2 aromatic rings. The quantitative estimate of drug-likeness (QED) is 0.467. The molecule has 1 heterocycles. The van der Waals surface area contributed by atoms with E-state index in [0.717, 1.165) is 31.2 Å². The molecule has 2 aromatic carbocycles. The van der Waals surface area contributed by atoms with Crippen molar-refractivity contribution >= 4 is 17.7 Å². The van der Waals surface area contributed by atoms with Gasteiger partial charge in [-0.05, 0) is 60.2 Å². The second-order valence-corrected chi connectivity index (χ2v) is 7.11. The molecule has 0 saturated heterocycles. The number of methoxy groups -OCH3 is 1. The van der Waals surface area contributed by atoms with E-state index in [0.29, 0.717) is 6.61 Å². The van der Waals surface area contributed by atoms with Gasteiger partial charge in [0.15, 0.2) is 0 Å². The number of carbonyl (C=O) groups excluding carboxylic acids is 1. The molecule has 0 fully saturated rings. The number of unbranched alkanes of at least 4 members (excludes halogenated alkanes) is 3. The van der Waals surface area contributed by atoms with Crippen molar-refractivity contribution in [3.8, 4) is 0 Å². The van der Waals surface area contributed by atoms with Crippen molar-refractivity contribution in [3.63, 3.8) is 0 Å². The van der Waals surface area contributed by atoms with Gasteiger partial charge < -0.3 is 9.64 Å². The van der Waals surface area contributed by atoms with Gasteiger partial charge in [-0.15, -0.1) is 0 Å². The zero-order chi connectivity index (χ0) is 18.4. The summed E-state index contributed by atoms with van der Waals surface area (Å²) in [7, 11) is 1.74. The third kappa shape index (κ3) is 4.16. The highest BCUT2D eigenvalue weighted by atomic mass is 16.5. The molecular weight excluding hydrogens is 322 g/mol. The number of aldehydes is 1. The van der Waals surface area contributed by atoms with Crippen LogP contribution < -0.4 is 4.90 Å². The molecule has 3 heteroatoms. The topological polar surface area (TPSA) is 29.5 Å². The van der Waals surface area contributed by atoms with Crippen LogP contribution in [-0.2, 0) is 24.2 Å². The van der Waals surface area contributed by atoms with Crippen LogP contribution in [0.1, 0.15) is 59.7 Å². The monoisotopic (exact) mass is 351 g/mol. The molecule has 0 amide bonds. The Kier molecular flexibility index (Phi) is 6.45. The van der Waals surface area contributed by atoms with Crippen molar-refractivity contribution < 1.29 is 9.53 Å². The molecule has 0 saturated carbocycles. The van der Waals surface area contributed by atoms with Crippen LogP contribution in [0.3, 0.4) is 0 Å². The molecule has 1 aliphatic heterocycles. The SMILES string of the molecule is CCCCCCN1c2ccc(C=O)cc2CCc2cc(COC)ccc21. The Morgan fingerprint density at radius 2 is 1.73 bits per heavy atom. The predicted octanol–water partition coefficient (Wildman–Crippen LogP) is 5.46. The third-order valence-electron chi connectivity index (χ3n) is 5.18. The third-order valence-corrected chi connectivity index (χ3v) is 5.18. The zero-order valence-electron chi connectivity index (χ0n) is 16.0. The smallest absolute Gasteiger partial charge is 0.150 e. The molecule has 138 valence electrons. The van der Waals surface area contributed by atoms with Gasteiger partial charge in [0.1, 0.15) is 6.29 Å². The van der Waals surface area contributed by atoms with Crippen LogP contribution >= 0.6 is 0 Å². The summed E-state index contributed by atoms with van der Waals surface area (Å²) in [5.41, 5.74) is 7.19. The molecule has 0 atom stereocenters. The van der Waals surface area contributed by atoms with Gasteiger partial charge in [-0.1, -0.05) is 38.3 Å². The fraction of sp³-hybridized carbons (Fsp3) is 0.435. The van der Waals surface area contributed by atoms with Crippen LogP contribution in [0, 0.1) is 0 Å². The fourth-order valence-corrected chi connectivity index (χ4v) is 3.84. The van der Waals surface area contributed by atoms with Crippen LogP contribution in [-0.4, -0.2) is 19.9 Å². The van der Waals surface area contributed by atoms with Crippen LogP contribution in [0.5, 0.6) is 0 Å². The molecule has 0 bridgehead atoms. The molecule has 0 radical (unpaired) electrons. The molecule has 26 heavy (non-hydrogen) atoms. The van der Waals surface area contributed by atoms with Crippen LogP contribution in [0.25, 0.3) is 0 Å². The van der Waals surface area contributed by atoms with Gasteiger partial charge in [-0.2, -0.15) is 0 Å². The average Bonchev–Trinajstić information content (AvgIpc) is 2.82. The standard InChI is InChI=1S/C23H29NO2/c1-3-4-5-6-13-24-22-11-7-18(16-25)14-20(22)9-10-21-15-19(17-26-2)8-12-23(21)24/h7-8,11-12,14-16H,3-6,9-10,13,17H2,1-2H3. The number of benzene rings is 2. The van der Waals surface area contributed by atoms with Crippen molar-refractivity contribution in [2.75, 3.05) is 18.6 Å². The molecule has 0 aromatic heterocycles. The number of hydrogen-bond acceptors (Lipinski definition) is 3. The lowest BCUT2D eigenvalue weighted by atomic mass is 10.0. The normalized spacial score (nSPS) is 13.1. The first-order chi connectivity index (χ1) is 12.8. The summed E-state index contributed by atoms with van der Waals surface area (Å²) >= 11 is 0. The van der Waals surface area contributed by atoms with E-state index in [2.05, 4.69) is 42.2 Å². The van der Waals surface area contributed by atoms with E-state index in [1.807, 2.05) is 6.07 Å². The second-order valence-electron chi connectivity index (χ2n) is 7.11. The Hall–Kier alpha value is -2.13. The lowest BCUT2D eigenvalue weighted by molar-refractivity contribution is 0.112. The van der Waals surface area contributed by atoms with Gasteiger partial charge in [0.25, 0.3) is 0 Å². The van der Waals surface area contributed by atoms with E-state index in [-0.39, 0.29) is 0 Å². The highest BCUT2D eigenvalue weighted by molar-refractivity contribution is 5.79.